The molecule has 5 heteroatoms. The van der Waals surface area contributed by atoms with Crippen molar-refractivity contribution in [1.82, 2.24) is 0 Å². The topological polar surface area (TPSA) is 60.4 Å². The van der Waals surface area contributed by atoms with Gasteiger partial charge in [-0.25, -0.2) is 4.79 Å². The number of carbonyl (C=O) groups excluding carboxylic acids is 3. The fraction of sp³-hybridized carbons (Fsp3) is 0.267. The number of quaternary nitrogens is 1. The maximum Gasteiger partial charge on any atom is 0.523 e. The lowest BCUT2D eigenvalue weighted by Crippen LogP contribution is -2.51. The van der Waals surface area contributed by atoms with Gasteiger partial charge in [-0.1, -0.05) is 30.3 Å². The third-order valence-corrected chi connectivity index (χ3v) is 2.73. The van der Waals surface area contributed by atoms with Crippen molar-refractivity contribution in [3.8, 4) is 0 Å². The second-order valence-corrected chi connectivity index (χ2v) is 4.59. The molecule has 0 saturated carbocycles. The predicted octanol–water partition coefficient (Wildman–Crippen LogP) is 2.03. The zero-order chi connectivity index (χ0) is 15.2. The highest BCUT2D eigenvalue weighted by molar-refractivity contribution is 6.13. The Balaban J connectivity index is 3.07. The van der Waals surface area contributed by atoms with Gasteiger partial charge in [0.15, 0.2) is 6.29 Å². The summed E-state index contributed by atoms with van der Waals surface area (Å²) in [7, 11) is 2.78. The van der Waals surface area contributed by atoms with E-state index in [1.54, 1.807) is 31.2 Å². The fourth-order valence-corrected chi connectivity index (χ4v) is 1.57. The van der Waals surface area contributed by atoms with Gasteiger partial charge in [-0.05, 0) is 18.6 Å². The summed E-state index contributed by atoms with van der Waals surface area (Å²) in [6, 6.07) is 8.95. The molecule has 0 N–H and O–H groups in total. The minimum Gasteiger partial charge on any atom is -0.420 e. The molecule has 1 aromatic rings. The second kappa shape index (κ2) is 6.77. The molecule has 1 rings (SSSR count). The molecular formula is C15H18NO4+. The Bertz CT molecular complexity index is 532. The quantitative estimate of drug-likeness (QED) is 0.277. The van der Waals surface area contributed by atoms with Crippen LogP contribution in [0.4, 0.5) is 4.79 Å². The standard InChI is InChI=1S/C15H18NO4/c1-4-20-15(19)16(2,3)14(18)13(11-17)10-12-8-6-5-7-9-12/h5-11H,4H2,1-3H3/q+1. The first-order valence-corrected chi connectivity index (χ1v) is 6.21. The summed E-state index contributed by atoms with van der Waals surface area (Å²) in [6.07, 6.45) is 1.21. The van der Waals surface area contributed by atoms with Crippen LogP contribution in [0.3, 0.4) is 0 Å². The number of rotatable bonds is 4. The first-order chi connectivity index (χ1) is 9.43. The second-order valence-electron chi connectivity index (χ2n) is 4.59. The Morgan fingerprint density at radius 1 is 1.20 bits per heavy atom. The van der Waals surface area contributed by atoms with Crippen LogP contribution in [0.15, 0.2) is 35.9 Å². The van der Waals surface area contributed by atoms with Crippen molar-refractivity contribution in [3.63, 3.8) is 0 Å². The molecule has 0 aliphatic heterocycles. The summed E-state index contributed by atoms with van der Waals surface area (Å²) >= 11 is 0. The SMILES string of the molecule is CCOC(=O)[N+](C)(C)C(=O)C(C=O)=Cc1ccccc1. The Morgan fingerprint density at radius 3 is 2.30 bits per heavy atom. The summed E-state index contributed by atoms with van der Waals surface area (Å²) in [5, 5.41) is 0. The molecule has 0 aliphatic rings. The van der Waals surface area contributed by atoms with E-state index in [-0.39, 0.29) is 12.2 Å². The first-order valence-electron chi connectivity index (χ1n) is 6.21. The van der Waals surface area contributed by atoms with Crippen molar-refractivity contribution in [2.75, 3.05) is 20.7 Å². The van der Waals surface area contributed by atoms with E-state index in [0.717, 1.165) is 0 Å². The number of carbonyl (C=O) groups is 3. The smallest absolute Gasteiger partial charge is 0.420 e. The monoisotopic (exact) mass is 276 g/mol. The number of amides is 2. The van der Waals surface area contributed by atoms with Crippen molar-refractivity contribution >= 4 is 24.4 Å². The van der Waals surface area contributed by atoms with Crippen LogP contribution in [0.1, 0.15) is 12.5 Å². The van der Waals surface area contributed by atoms with Crippen molar-refractivity contribution in [2.45, 2.75) is 6.92 Å². The van der Waals surface area contributed by atoms with E-state index < -0.39 is 16.5 Å². The van der Waals surface area contributed by atoms with Crippen LogP contribution in [-0.2, 0) is 14.3 Å². The lowest BCUT2D eigenvalue weighted by molar-refractivity contribution is -0.736. The lowest BCUT2D eigenvalue weighted by Gasteiger charge is -2.22. The Kier molecular flexibility index (Phi) is 5.34. The van der Waals surface area contributed by atoms with Gasteiger partial charge in [0.25, 0.3) is 0 Å². The number of benzene rings is 1. The Morgan fingerprint density at radius 2 is 1.80 bits per heavy atom. The number of likely N-dealkylation sites (N-methyl/N-ethyl adjacent to an activating group) is 1. The average molecular weight is 276 g/mol. The highest BCUT2D eigenvalue weighted by atomic mass is 16.6. The van der Waals surface area contributed by atoms with Crippen LogP contribution in [0.25, 0.3) is 6.08 Å². The average Bonchev–Trinajstić information content (AvgIpc) is 2.45. The van der Waals surface area contributed by atoms with Crippen molar-refractivity contribution < 1.29 is 23.6 Å². The largest absolute Gasteiger partial charge is 0.523 e. The lowest BCUT2D eigenvalue weighted by atomic mass is 10.1. The molecule has 0 aromatic heterocycles. The van der Waals surface area contributed by atoms with Gasteiger partial charge >= 0.3 is 12.0 Å². The van der Waals surface area contributed by atoms with E-state index in [0.29, 0.717) is 11.8 Å². The maximum atomic E-state index is 12.3. The third-order valence-electron chi connectivity index (χ3n) is 2.73. The summed E-state index contributed by atoms with van der Waals surface area (Å²) in [5.41, 5.74) is 0.640. The van der Waals surface area contributed by atoms with Gasteiger partial charge in [-0.2, -0.15) is 9.28 Å². The summed E-state index contributed by atoms with van der Waals surface area (Å²) in [4.78, 5) is 35.2. The molecule has 0 saturated heterocycles. The van der Waals surface area contributed by atoms with E-state index in [1.165, 1.54) is 20.2 Å². The normalized spacial score (nSPS) is 11.8. The zero-order valence-corrected chi connectivity index (χ0v) is 11.8. The van der Waals surface area contributed by atoms with Crippen LogP contribution < -0.4 is 0 Å². The molecule has 2 amide bonds. The van der Waals surface area contributed by atoms with Gasteiger partial charge in [-0.3, -0.25) is 4.79 Å². The van der Waals surface area contributed by atoms with E-state index in [1.807, 2.05) is 6.07 Å². The molecule has 0 fully saturated rings. The van der Waals surface area contributed by atoms with Crippen molar-refractivity contribution in [3.05, 3.63) is 41.5 Å². The summed E-state index contributed by atoms with van der Waals surface area (Å²) < 4.78 is 4.18. The third kappa shape index (κ3) is 3.61. The number of nitrogens with zero attached hydrogens (tertiary/aromatic N) is 1. The summed E-state index contributed by atoms with van der Waals surface area (Å²) in [6.45, 7) is 1.83. The molecule has 1 aromatic carbocycles. The molecule has 0 heterocycles. The first kappa shape index (κ1) is 15.8. The maximum absolute atomic E-state index is 12.3. The number of hydrogen-bond acceptors (Lipinski definition) is 4. The minimum atomic E-state index is -0.696. The van der Waals surface area contributed by atoms with Gasteiger partial charge in [0.1, 0.15) is 5.57 Å². The van der Waals surface area contributed by atoms with Crippen LogP contribution in [0.5, 0.6) is 0 Å². The van der Waals surface area contributed by atoms with Gasteiger partial charge in [-0.15, -0.1) is 0 Å². The minimum absolute atomic E-state index is 0.0748. The summed E-state index contributed by atoms with van der Waals surface area (Å²) in [5.74, 6) is -0.609. The molecule has 20 heavy (non-hydrogen) atoms. The van der Waals surface area contributed by atoms with Crippen LogP contribution >= 0.6 is 0 Å². The van der Waals surface area contributed by atoms with Crippen LogP contribution in [0.2, 0.25) is 0 Å². The van der Waals surface area contributed by atoms with Gasteiger partial charge in [0.05, 0.1) is 20.7 Å². The molecular weight excluding hydrogens is 258 g/mol. The highest BCUT2D eigenvalue weighted by Gasteiger charge is 2.39. The number of hydrogen-bond donors (Lipinski definition) is 0. The van der Waals surface area contributed by atoms with E-state index in [4.69, 9.17) is 4.74 Å². The number of ether oxygens (including phenoxy) is 1. The van der Waals surface area contributed by atoms with Crippen LogP contribution in [-0.4, -0.2) is 43.5 Å². The van der Waals surface area contributed by atoms with Gasteiger partial charge in [0, 0.05) is 0 Å². The molecule has 0 atom stereocenters. The molecule has 5 nitrogen and oxygen atoms in total. The fourth-order valence-electron chi connectivity index (χ4n) is 1.57. The molecule has 0 unspecified atom stereocenters. The zero-order valence-electron chi connectivity index (χ0n) is 11.8. The predicted molar refractivity (Wildman–Crippen MR) is 74.6 cm³/mol. The van der Waals surface area contributed by atoms with Crippen molar-refractivity contribution in [2.24, 2.45) is 0 Å². The van der Waals surface area contributed by atoms with Gasteiger partial charge in [0.2, 0.25) is 0 Å². The molecule has 106 valence electrons. The van der Waals surface area contributed by atoms with E-state index in [9.17, 15) is 14.4 Å². The molecule has 0 bridgehead atoms. The van der Waals surface area contributed by atoms with E-state index in [2.05, 4.69) is 0 Å². The molecule has 0 aliphatic carbocycles. The van der Waals surface area contributed by atoms with E-state index >= 15 is 0 Å². The highest BCUT2D eigenvalue weighted by Crippen LogP contribution is 2.12. The Hall–Kier alpha value is -2.27. The number of aldehydes is 1. The Labute approximate surface area is 118 Å². The van der Waals surface area contributed by atoms with Gasteiger partial charge < -0.3 is 4.74 Å². The van der Waals surface area contributed by atoms with Crippen molar-refractivity contribution in [1.29, 1.82) is 0 Å². The van der Waals surface area contributed by atoms with Crippen LogP contribution in [0, 0.1) is 0 Å². The molecule has 0 radical (unpaired) electrons. The number of imide groups is 1. The molecule has 0 spiro atoms.